The summed E-state index contributed by atoms with van der Waals surface area (Å²) in [6.45, 7) is 3.68. The molecule has 1 amide bonds. The van der Waals surface area contributed by atoms with E-state index in [-0.39, 0.29) is 17.5 Å². The molecular weight excluding hydrogens is 256 g/mol. The van der Waals surface area contributed by atoms with Crippen LogP contribution < -0.4 is 5.32 Å². The van der Waals surface area contributed by atoms with Gasteiger partial charge in [0.25, 0.3) is 0 Å². The standard InChI is InChI=1S/C12H11F2N3O2/c1-6(2)11-16-17-12(19-11)10(18)15-7-3-4-8(13)9(14)5-7/h3-6H,1-2H3,(H,15,18). The number of nitrogens with zero attached hydrogens (tertiary/aromatic N) is 2. The van der Waals surface area contributed by atoms with Crippen molar-refractivity contribution in [2.75, 3.05) is 5.32 Å². The molecular formula is C12H11F2N3O2. The number of amides is 1. The minimum Gasteiger partial charge on any atom is -0.417 e. The van der Waals surface area contributed by atoms with Crippen LogP contribution in [0.15, 0.2) is 22.6 Å². The molecule has 1 aromatic heterocycles. The molecule has 1 N–H and O–H groups in total. The number of carbonyl (C=O) groups excluding carboxylic acids is 1. The summed E-state index contributed by atoms with van der Waals surface area (Å²) in [7, 11) is 0. The highest BCUT2D eigenvalue weighted by molar-refractivity contribution is 6.00. The van der Waals surface area contributed by atoms with Crippen molar-refractivity contribution in [2.24, 2.45) is 0 Å². The first-order valence-electron chi connectivity index (χ1n) is 5.57. The highest BCUT2D eigenvalue weighted by Crippen LogP contribution is 2.15. The van der Waals surface area contributed by atoms with Gasteiger partial charge in [-0.2, -0.15) is 0 Å². The van der Waals surface area contributed by atoms with Crippen LogP contribution in [0, 0.1) is 11.6 Å². The molecule has 1 aromatic carbocycles. The SMILES string of the molecule is CC(C)c1nnc(C(=O)Nc2ccc(F)c(F)c2)o1. The predicted molar refractivity (Wildman–Crippen MR) is 62.7 cm³/mol. The van der Waals surface area contributed by atoms with Crippen molar-refractivity contribution in [3.8, 4) is 0 Å². The van der Waals surface area contributed by atoms with E-state index in [1.165, 1.54) is 6.07 Å². The van der Waals surface area contributed by atoms with Crippen molar-refractivity contribution in [1.82, 2.24) is 10.2 Å². The molecule has 1 heterocycles. The van der Waals surface area contributed by atoms with Gasteiger partial charge in [-0.25, -0.2) is 8.78 Å². The summed E-state index contributed by atoms with van der Waals surface area (Å²) < 4.78 is 30.8. The number of halogens is 2. The van der Waals surface area contributed by atoms with Crippen molar-refractivity contribution in [1.29, 1.82) is 0 Å². The molecule has 0 saturated heterocycles. The van der Waals surface area contributed by atoms with E-state index in [0.29, 0.717) is 5.89 Å². The van der Waals surface area contributed by atoms with Crippen LogP contribution in [0.5, 0.6) is 0 Å². The van der Waals surface area contributed by atoms with Gasteiger partial charge in [-0.3, -0.25) is 4.79 Å². The smallest absolute Gasteiger partial charge is 0.313 e. The molecule has 0 aliphatic rings. The molecule has 0 fully saturated rings. The first-order chi connectivity index (χ1) is 8.97. The molecule has 0 atom stereocenters. The lowest BCUT2D eigenvalue weighted by atomic mass is 10.2. The van der Waals surface area contributed by atoms with Crippen LogP contribution in [0.25, 0.3) is 0 Å². The first-order valence-corrected chi connectivity index (χ1v) is 5.57. The molecule has 2 rings (SSSR count). The van der Waals surface area contributed by atoms with Crippen LogP contribution in [-0.4, -0.2) is 16.1 Å². The summed E-state index contributed by atoms with van der Waals surface area (Å²) in [5.74, 6) is -2.62. The Kier molecular flexibility index (Phi) is 3.55. The Morgan fingerprint density at radius 1 is 1.26 bits per heavy atom. The number of nitrogens with one attached hydrogen (secondary N) is 1. The average Bonchev–Trinajstić information content (AvgIpc) is 2.83. The number of hydrogen-bond acceptors (Lipinski definition) is 4. The Morgan fingerprint density at radius 2 is 2.00 bits per heavy atom. The van der Waals surface area contributed by atoms with Crippen molar-refractivity contribution >= 4 is 11.6 Å². The van der Waals surface area contributed by atoms with Gasteiger partial charge in [0.1, 0.15) is 0 Å². The molecule has 0 aliphatic carbocycles. The van der Waals surface area contributed by atoms with Gasteiger partial charge in [-0.05, 0) is 12.1 Å². The molecule has 0 unspecified atom stereocenters. The molecule has 100 valence electrons. The monoisotopic (exact) mass is 267 g/mol. The fourth-order valence-electron chi connectivity index (χ4n) is 1.32. The van der Waals surface area contributed by atoms with Crippen LogP contribution in [-0.2, 0) is 0 Å². The fraction of sp³-hybridized carbons (Fsp3) is 0.250. The largest absolute Gasteiger partial charge is 0.417 e. The van der Waals surface area contributed by atoms with E-state index in [9.17, 15) is 13.6 Å². The minimum atomic E-state index is -1.05. The third-order valence-corrected chi connectivity index (χ3v) is 2.31. The molecule has 2 aromatic rings. The number of hydrogen-bond donors (Lipinski definition) is 1. The van der Waals surface area contributed by atoms with Crippen molar-refractivity contribution < 1.29 is 18.0 Å². The number of benzene rings is 1. The number of rotatable bonds is 3. The van der Waals surface area contributed by atoms with Gasteiger partial charge in [0.2, 0.25) is 5.89 Å². The molecule has 0 aliphatic heterocycles. The maximum atomic E-state index is 13.0. The van der Waals surface area contributed by atoms with Crippen molar-refractivity contribution in [3.05, 3.63) is 41.6 Å². The van der Waals surface area contributed by atoms with Gasteiger partial charge in [-0.15, -0.1) is 10.2 Å². The van der Waals surface area contributed by atoms with E-state index < -0.39 is 17.5 Å². The van der Waals surface area contributed by atoms with Gasteiger partial charge >= 0.3 is 11.8 Å². The Morgan fingerprint density at radius 3 is 2.58 bits per heavy atom. The lowest BCUT2D eigenvalue weighted by Crippen LogP contribution is -2.12. The predicted octanol–water partition coefficient (Wildman–Crippen LogP) is 2.72. The molecule has 7 heteroatoms. The maximum Gasteiger partial charge on any atom is 0.313 e. The summed E-state index contributed by atoms with van der Waals surface area (Å²) >= 11 is 0. The summed E-state index contributed by atoms with van der Waals surface area (Å²) in [5.41, 5.74) is 0.105. The van der Waals surface area contributed by atoms with Gasteiger partial charge < -0.3 is 9.73 Å². The third-order valence-electron chi connectivity index (χ3n) is 2.31. The number of anilines is 1. The van der Waals surface area contributed by atoms with Gasteiger partial charge in [0, 0.05) is 17.7 Å². The molecule has 19 heavy (non-hydrogen) atoms. The number of carbonyl (C=O) groups is 1. The Hall–Kier alpha value is -2.31. The second-order valence-corrected chi connectivity index (χ2v) is 4.18. The van der Waals surface area contributed by atoms with Crippen LogP contribution in [0.2, 0.25) is 0 Å². The quantitative estimate of drug-likeness (QED) is 0.928. The van der Waals surface area contributed by atoms with E-state index in [1.54, 1.807) is 0 Å². The Bertz CT molecular complexity index is 611. The van der Waals surface area contributed by atoms with E-state index in [2.05, 4.69) is 15.5 Å². The third kappa shape index (κ3) is 2.93. The zero-order valence-electron chi connectivity index (χ0n) is 10.3. The van der Waals surface area contributed by atoms with E-state index in [0.717, 1.165) is 12.1 Å². The lowest BCUT2D eigenvalue weighted by Gasteiger charge is -2.02. The maximum absolute atomic E-state index is 13.0. The highest BCUT2D eigenvalue weighted by Gasteiger charge is 2.17. The number of aromatic nitrogens is 2. The molecule has 5 nitrogen and oxygen atoms in total. The Labute approximate surface area is 107 Å². The van der Waals surface area contributed by atoms with E-state index in [1.807, 2.05) is 13.8 Å². The van der Waals surface area contributed by atoms with E-state index >= 15 is 0 Å². The molecule has 0 spiro atoms. The lowest BCUT2D eigenvalue weighted by molar-refractivity contribution is 0.0988. The zero-order valence-corrected chi connectivity index (χ0v) is 10.3. The minimum absolute atomic E-state index is 0.00249. The van der Waals surface area contributed by atoms with Crippen LogP contribution in [0.4, 0.5) is 14.5 Å². The normalized spacial score (nSPS) is 10.8. The summed E-state index contributed by atoms with van der Waals surface area (Å²) in [6.07, 6.45) is 0. The molecule has 0 bridgehead atoms. The van der Waals surface area contributed by atoms with Crippen LogP contribution >= 0.6 is 0 Å². The van der Waals surface area contributed by atoms with Crippen LogP contribution in [0.3, 0.4) is 0 Å². The topological polar surface area (TPSA) is 68.0 Å². The fourth-order valence-corrected chi connectivity index (χ4v) is 1.32. The van der Waals surface area contributed by atoms with Crippen molar-refractivity contribution in [3.63, 3.8) is 0 Å². The average molecular weight is 267 g/mol. The summed E-state index contributed by atoms with van der Waals surface area (Å²) in [4.78, 5) is 11.7. The molecule has 0 radical (unpaired) electrons. The molecule has 0 saturated carbocycles. The highest BCUT2D eigenvalue weighted by atomic mass is 19.2. The summed E-state index contributed by atoms with van der Waals surface area (Å²) in [6, 6.07) is 3.02. The zero-order chi connectivity index (χ0) is 14.0. The van der Waals surface area contributed by atoms with E-state index in [4.69, 9.17) is 4.42 Å². The van der Waals surface area contributed by atoms with Gasteiger partial charge in [-0.1, -0.05) is 13.8 Å². The first kappa shape index (κ1) is 13.1. The van der Waals surface area contributed by atoms with Gasteiger partial charge in [0.15, 0.2) is 11.6 Å². The second kappa shape index (κ2) is 5.13. The van der Waals surface area contributed by atoms with Gasteiger partial charge in [0.05, 0.1) is 0 Å². The van der Waals surface area contributed by atoms with Crippen LogP contribution in [0.1, 0.15) is 36.3 Å². The second-order valence-electron chi connectivity index (χ2n) is 4.18. The Balaban J connectivity index is 2.13. The van der Waals surface area contributed by atoms with Crippen molar-refractivity contribution in [2.45, 2.75) is 19.8 Å². The summed E-state index contributed by atoms with van der Waals surface area (Å²) in [5, 5.41) is 9.61.